The Morgan fingerprint density at radius 3 is 2.55 bits per heavy atom. The number of hydrogen-bond donors (Lipinski definition) is 3. The SMILES string of the molecule is O=C(C[NH+]1CCN(c2ccccc2O)CC1)Nc1ccc2c(c1)OC1(CCCCC1)O2. The number of rotatable bonds is 4. The van der Waals surface area contributed by atoms with Gasteiger partial charge in [0, 0.05) is 24.6 Å². The minimum atomic E-state index is -0.500. The van der Waals surface area contributed by atoms with Gasteiger partial charge in [-0.2, -0.15) is 0 Å². The zero-order valence-corrected chi connectivity index (χ0v) is 17.7. The fourth-order valence-electron chi connectivity index (χ4n) is 4.87. The quantitative estimate of drug-likeness (QED) is 0.702. The summed E-state index contributed by atoms with van der Waals surface area (Å²) in [5, 5.41) is 13.1. The molecule has 31 heavy (non-hydrogen) atoms. The zero-order valence-electron chi connectivity index (χ0n) is 17.7. The first-order valence-electron chi connectivity index (χ1n) is 11.3. The third kappa shape index (κ3) is 4.28. The first kappa shape index (κ1) is 20.0. The van der Waals surface area contributed by atoms with E-state index in [4.69, 9.17) is 9.47 Å². The van der Waals surface area contributed by atoms with Crippen molar-refractivity contribution in [3.63, 3.8) is 0 Å². The largest absolute Gasteiger partial charge is 0.506 e. The molecule has 2 fully saturated rings. The number of phenols is 1. The maximum Gasteiger partial charge on any atom is 0.279 e. The van der Waals surface area contributed by atoms with E-state index in [1.54, 1.807) is 6.07 Å². The monoisotopic (exact) mass is 424 g/mol. The molecular formula is C24H30N3O4+. The number of amides is 1. The summed E-state index contributed by atoms with van der Waals surface area (Å²) in [6.07, 6.45) is 5.31. The molecule has 0 unspecified atom stereocenters. The first-order valence-corrected chi connectivity index (χ1v) is 11.3. The van der Waals surface area contributed by atoms with Gasteiger partial charge in [-0.3, -0.25) is 4.79 Å². The maximum absolute atomic E-state index is 12.6. The van der Waals surface area contributed by atoms with Crippen LogP contribution in [0, 0.1) is 0 Å². The molecule has 3 aliphatic rings. The van der Waals surface area contributed by atoms with E-state index in [0.29, 0.717) is 12.3 Å². The van der Waals surface area contributed by atoms with Gasteiger partial charge in [-0.1, -0.05) is 18.6 Å². The van der Waals surface area contributed by atoms with Crippen LogP contribution in [0.1, 0.15) is 32.1 Å². The van der Waals surface area contributed by atoms with E-state index < -0.39 is 5.79 Å². The van der Waals surface area contributed by atoms with Gasteiger partial charge in [0.2, 0.25) is 0 Å². The summed E-state index contributed by atoms with van der Waals surface area (Å²) in [5.74, 6) is 1.30. The molecule has 1 spiro atoms. The topological polar surface area (TPSA) is 75.5 Å². The highest BCUT2D eigenvalue weighted by atomic mass is 16.7. The average Bonchev–Trinajstić information content (AvgIpc) is 3.11. The van der Waals surface area contributed by atoms with Crippen molar-refractivity contribution in [1.29, 1.82) is 0 Å². The Morgan fingerprint density at radius 1 is 1.03 bits per heavy atom. The van der Waals surface area contributed by atoms with Crippen molar-refractivity contribution in [2.24, 2.45) is 0 Å². The molecule has 0 bridgehead atoms. The fourth-order valence-corrected chi connectivity index (χ4v) is 4.87. The number of carbonyl (C=O) groups is 1. The number of phenolic OH excluding ortho intramolecular Hbond substituents is 1. The lowest BCUT2D eigenvalue weighted by Crippen LogP contribution is -3.15. The summed E-state index contributed by atoms with van der Waals surface area (Å²) in [4.78, 5) is 16.0. The number of fused-ring (bicyclic) bond motifs is 1. The summed E-state index contributed by atoms with van der Waals surface area (Å²) in [7, 11) is 0. The van der Waals surface area contributed by atoms with Crippen LogP contribution < -0.4 is 24.6 Å². The lowest BCUT2D eigenvalue weighted by molar-refractivity contribution is -0.892. The molecule has 0 aromatic heterocycles. The van der Waals surface area contributed by atoms with Gasteiger partial charge in [-0.05, 0) is 37.1 Å². The van der Waals surface area contributed by atoms with Crippen molar-refractivity contribution in [1.82, 2.24) is 0 Å². The molecule has 2 aromatic carbocycles. The van der Waals surface area contributed by atoms with Gasteiger partial charge >= 0.3 is 0 Å². The predicted molar refractivity (Wildman–Crippen MR) is 118 cm³/mol. The van der Waals surface area contributed by atoms with Crippen molar-refractivity contribution < 1.29 is 24.3 Å². The molecular weight excluding hydrogens is 394 g/mol. The fraction of sp³-hybridized carbons (Fsp3) is 0.458. The summed E-state index contributed by atoms with van der Waals surface area (Å²) < 4.78 is 12.3. The number of quaternary nitrogens is 1. The summed E-state index contributed by atoms with van der Waals surface area (Å²) >= 11 is 0. The normalized spacial score (nSPS) is 20.1. The lowest BCUT2D eigenvalue weighted by atomic mass is 9.94. The minimum Gasteiger partial charge on any atom is -0.506 e. The van der Waals surface area contributed by atoms with Crippen LogP contribution in [0.2, 0.25) is 0 Å². The minimum absolute atomic E-state index is 0.00254. The number of carbonyl (C=O) groups excluding carboxylic acids is 1. The van der Waals surface area contributed by atoms with E-state index >= 15 is 0 Å². The Hall–Kier alpha value is -2.93. The van der Waals surface area contributed by atoms with Crippen molar-refractivity contribution in [2.45, 2.75) is 37.9 Å². The number of ether oxygens (including phenoxy) is 2. The van der Waals surface area contributed by atoms with Crippen LogP contribution in [-0.2, 0) is 4.79 Å². The first-order chi connectivity index (χ1) is 15.1. The number of para-hydroxylation sites is 2. The lowest BCUT2D eigenvalue weighted by Gasteiger charge is -2.33. The second-order valence-electron chi connectivity index (χ2n) is 8.79. The van der Waals surface area contributed by atoms with Crippen molar-refractivity contribution in [3.8, 4) is 17.2 Å². The highest BCUT2D eigenvalue weighted by Gasteiger charge is 2.42. The highest BCUT2D eigenvalue weighted by Crippen LogP contribution is 2.46. The van der Waals surface area contributed by atoms with Gasteiger partial charge in [0.05, 0.1) is 31.9 Å². The molecule has 164 valence electrons. The van der Waals surface area contributed by atoms with E-state index in [-0.39, 0.29) is 5.91 Å². The Bertz CT molecular complexity index is 950. The maximum atomic E-state index is 12.6. The molecule has 7 heteroatoms. The molecule has 1 saturated heterocycles. The summed E-state index contributed by atoms with van der Waals surface area (Å²) in [6.45, 7) is 3.75. The van der Waals surface area contributed by atoms with Gasteiger partial charge in [0.25, 0.3) is 11.7 Å². The average molecular weight is 425 g/mol. The molecule has 0 radical (unpaired) electrons. The van der Waals surface area contributed by atoms with Gasteiger partial charge in [-0.15, -0.1) is 0 Å². The number of anilines is 2. The van der Waals surface area contributed by atoms with Crippen LogP contribution >= 0.6 is 0 Å². The molecule has 1 aliphatic carbocycles. The third-order valence-electron chi connectivity index (χ3n) is 6.54. The third-order valence-corrected chi connectivity index (χ3v) is 6.54. The Balaban J connectivity index is 1.14. The smallest absolute Gasteiger partial charge is 0.279 e. The van der Waals surface area contributed by atoms with E-state index in [0.717, 1.165) is 74.7 Å². The number of piperazine rings is 1. The van der Waals surface area contributed by atoms with Gasteiger partial charge in [-0.25, -0.2) is 0 Å². The van der Waals surface area contributed by atoms with Crippen LogP contribution in [0.5, 0.6) is 17.2 Å². The van der Waals surface area contributed by atoms with Crippen LogP contribution in [-0.4, -0.2) is 49.5 Å². The van der Waals surface area contributed by atoms with Gasteiger partial charge < -0.3 is 29.7 Å². The second kappa shape index (κ2) is 8.30. The van der Waals surface area contributed by atoms with Gasteiger partial charge in [0.15, 0.2) is 18.0 Å². The standard InChI is InChI=1S/C24H29N3O4/c28-20-7-3-2-6-19(20)27-14-12-26(13-15-27)17-23(29)25-18-8-9-21-22(16-18)31-24(30-21)10-4-1-5-11-24/h2-3,6-9,16,28H,1,4-5,10-15,17H2,(H,25,29)/p+1. The molecule has 2 heterocycles. The van der Waals surface area contributed by atoms with E-state index in [1.807, 2.05) is 36.4 Å². The number of nitrogens with one attached hydrogen (secondary N) is 2. The van der Waals surface area contributed by atoms with Crippen LogP contribution in [0.15, 0.2) is 42.5 Å². The summed E-state index contributed by atoms with van der Waals surface area (Å²) in [5.41, 5.74) is 1.61. The number of benzene rings is 2. The molecule has 0 atom stereocenters. The predicted octanol–water partition coefficient (Wildman–Crippen LogP) is 2.17. The van der Waals surface area contributed by atoms with E-state index in [9.17, 15) is 9.90 Å². The van der Waals surface area contributed by atoms with E-state index in [2.05, 4.69) is 10.2 Å². The number of hydrogen-bond acceptors (Lipinski definition) is 5. The van der Waals surface area contributed by atoms with Gasteiger partial charge in [0.1, 0.15) is 5.75 Å². The Morgan fingerprint density at radius 2 is 1.77 bits per heavy atom. The van der Waals surface area contributed by atoms with Crippen LogP contribution in [0.25, 0.3) is 0 Å². The van der Waals surface area contributed by atoms with Crippen molar-refractivity contribution >= 4 is 17.3 Å². The van der Waals surface area contributed by atoms with Crippen molar-refractivity contribution in [2.75, 3.05) is 42.9 Å². The Labute approximate surface area is 182 Å². The zero-order chi connectivity index (χ0) is 21.3. The second-order valence-corrected chi connectivity index (χ2v) is 8.79. The van der Waals surface area contributed by atoms with Crippen LogP contribution in [0.4, 0.5) is 11.4 Å². The molecule has 3 N–H and O–H groups in total. The highest BCUT2D eigenvalue weighted by molar-refractivity contribution is 5.91. The molecule has 5 rings (SSSR count). The molecule has 2 aromatic rings. The molecule has 1 saturated carbocycles. The molecule has 7 nitrogen and oxygen atoms in total. The van der Waals surface area contributed by atoms with E-state index in [1.165, 1.54) is 11.3 Å². The molecule has 2 aliphatic heterocycles. The summed E-state index contributed by atoms with van der Waals surface area (Å²) in [6, 6.07) is 13.1. The van der Waals surface area contributed by atoms with Crippen LogP contribution in [0.3, 0.4) is 0 Å². The number of aromatic hydroxyl groups is 1. The Kier molecular flexibility index (Phi) is 5.36. The number of nitrogens with zero attached hydrogens (tertiary/aromatic N) is 1. The molecule has 1 amide bonds. The van der Waals surface area contributed by atoms with Crippen molar-refractivity contribution in [3.05, 3.63) is 42.5 Å².